The Morgan fingerprint density at radius 3 is 2.68 bits per heavy atom. The zero-order valence-corrected chi connectivity index (χ0v) is 14.2. The standard InChI is InChI=1S/C16H19FN2O5S/c17-10-3-1-5-12(7-10)25(23,24)18-11-4-2-6-19(9-11)15(20)13-8-14(13)16(21)22/h1,3,5,7,11,13-14,18H,2,4,6,8-9H2,(H,21,22). The van der Waals surface area contributed by atoms with Gasteiger partial charge in [0.1, 0.15) is 5.82 Å². The summed E-state index contributed by atoms with van der Waals surface area (Å²) >= 11 is 0. The van der Waals surface area contributed by atoms with Crippen molar-refractivity contribution in [2.24, 2.45) is 11.8 Å². The SMILES string of the molecule is O=C(O)C1CC1C(=O)N1CCCC(NS(=O)(=O)c2cccc(F)c2)C1. The number of carbonyl (C=O) groups is 2. The monoisotopic (exact) mass is 370 g/mol. The molecule has 1 aromatic carbocycles. The van der Waals surface area contributed by atoms with Gasteiger partial charge in [-0.3, -0.25) is 9.59 Å². The molecule has 1 aromatic rings. The Morgan fingerprint density at radius 2 is 2.04 bits per heavy atom. The number of amides is 1. The maximum atomic E-state index is 13.2. The summed E-state index contributed by atoms with van der Waals surface area (Å²) in [5.41, 5.74) is 0. The summed E-state index contributed by atoms with van der Waals surface area (Å²) in [7, 11) is -3.88. The molecule has 1 saturated carbocycles. The zero-order chi connectivity index (χ0) is 18.2. The Balaban J connectivity index is 1.64. The molecule has 2 N–H and O–H groups in total. The predicted molar refractivity (Wildman–Crippen MR) is 85.6 cm³/mol. The number of carbonyl (C=O) groups excluding carboxylic acids is 1. The third-order valence-corrected chi connectivity index (χ3v) is 6.10. The Hall–Kier alpha value is -2.00. The third-order valence-electron chi connectivity index (χ3n) is 4.59. The molecule has 0 spiro atoms. The topological polar surface area (TPSA) is 104 Å². The second kappa shape index (κ2) is 6.72. The molecule has 3 rings (SSSR count). The molecule has 9 heteroatoms. The summed E-state index contributed by atoms with van der Waals surface area (Å²) < 4.78 is 40.5. The molecule has 7 nitrogen and oxygen atoms in total. The quantitative estimate of drug-likeness (QED) is 0.798. The first-order chi connectivity index (χ1) is 11.8. The van der Waals surface area contributed by atoms with Crippen LogP contribution < -0.4 is 4.72 Å². The van der Waals surface area contributed by atoms with Crippen LogP contribution in [0.25, 0.3) is 0 Å². The van der Waals surface area contributed by atoms with Crippen molar-refractivity contribution in [1.82, 2.24) is 9.62 Å². The number of piperidine rings is 1. The first-order valence-corrected chi connectivity index (χ1v) is 9.56. The van der Waals surface area contributed by atoms with Gasteiger partial charge in [-0.2, -0.15) is 0 Å². The number of sulfonamides is 1. The van der Waals surface area contributed by atoms with Crippen molar-refractivity contribution in [2.45, 2.75) is 30.2 Å². The van der Waals surface area contributed by atoms with Gasteiger partial charge in [-0.05, 0) is 37.5 Å². The molecule has 136 valence electrons. The molecule has 1 aliphatic carbocycles. The highest BCUT2D eigenvalue weighted by atomic mass is 32.2. The average molecular weight is 370 g/mol. The second-order valence-corrected chi connectivity index (χ2v) is 8.20. The van der Waals surface area contributed by atoms with E-state index in [0.717, 1.165) is 12.1 Å². The molecular formula is C16H19FN2O5S. The molecular weight excluding hydrogens is 351 g/mol. The van der Waals surface area contributed by atoms with Gasteiger partial charge in [-0.15, -0.1) is 0 Å². The summed E-state index contributed by atoms with van der Waals surface area (Å²) in [6.45, 7) is 0.677. The van der Waals surface area contributed by atoms with Gasteiger partial charge in [0, 0.05) is 19.1 Å². The van der Waals surface area contributed by atoms with Crippen LogP contribution in [0.5, 0.6) is 0 Å². The molecule has 1 amide bonds. The van der Waals surface area contributed by atoms with E-state index in [1.54, 1.807) is 0 Å². The summed E-state index contributed by atoms with van der Waals surface area (Å²) in [6.07, 6.45) is 1.52. The highest BCUT2D eigenvalue weighted by Gasteiger charge is 2.50. The molecule has 0 aromatic heterocycles. The minimum atomic E-state index is -3.88. The van der Waals surface area contributed by atoms with Crippen LogP contribution in [0.15, 0.2) is 29.2 Å². The smallest absolute Gasteiger partial charge is 0.307 e. The van der Waals surface area contributed by atoms with Crippen molar-refractivity contribution in [1.29, 1.82) is 0 Å². The van der Waals surface area contributed by atoms with E-state index in [2.05, 4.69) is 4.72 Å². The molecule has 2 aliphatic rings. The third kappa shape index (κ3) is 3.98. The maximum absolute atomic E-state index is 13.2. The molecule has 1 aliphatic heterocycles. The van der Waals surface area contributed by atoms with Gasteiger partial charge in [-0.25, -0.2) is 17.5 Å². The van der Waals surface area contributed by atoms with Crippen LogP contribution in [0, 0.1) is 17.7 Å². The Kier molecular flexibility index (Phi) is 4.79. The highest BCUT2D eigenvalue weighted by molar-refractivity contribution is 7.89. The van der Waals surface area contributed by atoms with E-state index in [0.29, 0.717) is 25.8 Å². The zero-order valence-electron chi connectivity index (χ0n) is 13.4. The van der Waals surface area contributed by atoms with Crippen molar-refractivity contribution in [3.63, 3.8) is 0 Å². The van der Waals surface area contributed by atoms with Crippen LogP contribution in [0.4, 0.5) is 4.39 Å². The number of carboxylic acid groups (broad SMARTS) is 1. The van der Waals surface area contributed by atoms with E-state index in [1.165, 1.54) is 17.0 Å². The van der Waals surface area contributed by atoms with E-state index in [4.69, 9.17) is 5.11 Å². The fourth-order valence-electron chi connectivity index (χ4n) is 3.17. The van der Waals surface area contributed by atoms with E-state index >= 15 is 0 Å². The van der Waals surface area contributed by atoms with E-state index in [-0.39, 0.29) is 17.3 Å². The number of nitrogens with one attached hydrogen (secondary N) is 1. The van der Waals surface area contributed by atoms with E-state index < -0.39 is 39.7 Å². The predicted octanol–water partition coefficient (Wildman–Crippen LogP) is 0.816. The number of likely N-dealkylation sites (tertiary alicyclic amines) is 1. The van der Waals surface area contributed by atoms with Crippen LogP contribution in [-0.2, 0) is 19.6 Å². The highest BCUT2D eigenvalue weighted by Crippen LogP contribution is 2.40. The van der Waals surface area contributed by atoms with Crippen molar-refractivity contribution in [3.05, 3.63) is 30.1 Å². The summed E-state index contributed by atoms with van der Waals surface area (Å²) in [4.78, 5) is 24.6. The van der Waals surface area contributed by atoms with E-state index in [9.17, 15) is 22.4 Å². The number of rotatable bonds is 5. The van der Waals surface area contributed by atoms with Gasteiger partial charge < -0.3 is 10.0 Å². The normalized spacial score (nSPS) is 26.3. The van der Waals surface area contributed by atoms with Crippen LogP contribution in [-0.4, -0.2) is 49.4 Å². The average Bonchev–Trinajstić information content (AvgIpc) is 3.35. The lowest BCUT2D eigenvalue weighted by atomic mass is 10.1. The Bertz CT molecular complexity index is 797. The fourth-order valence-corrected chi connectivity index (χ4v) is 4.46. The number of aliphatic carboxylic acids is 1. The minimum Gasteiger partial charge on any atom is -0.481 e. The van der Waals surface area contributed by atoms with Crippen molar-refractivity contribution in [2.75, 3.05) is 13.1 Å². The lowest BCUT2D eigenvalue weighted by Gasteiger charge is -2.33. The molecule has 0 bridgehead atoms. The first-order valence-electron chi connectivity index (χ1n) is 8.07. The van der Waals surface area contributed by atoms with Crippen molar-refractivity contribution >= 4 is 21.9 Å². The fraction of sp³-hybridized carbons (Fsp3) is 0.500. The van der Waals surface area contributed by atoms with Crippen LogP contribution >= 0.6 is 0 Å². The lowest BCUT2D eigenvalue weighted by molar-refractivity contribution is -0.142. The second-order valence-electron chi connectivity index (χ2n) is 6.49. The Labute approximate surface area is 144 Å². The number of benzene rings is 1. The van der Waals surface area contributed by atoms with E-state index in [1.807, 2.05) is 0 Å². The summed E-state index contributed by atoms with van der Waals surface area (Å²) in [5, 5.41) is 8.93. The lowest BCUT2D eigenvalue weighted by Crippen LogP contribution is -2.50. The number of hydrogen-bond acceptors (Lipinski definition) is 4. The number of carboxylic acids is 1. The molecule has 3 unspecified atom stereocenters. The van der Waals surface area contributed by atoms with Gasteiger partial charge in [0.2, 0.25) is 15.9 Å². The number of nitrogens with zero attached hydrogens (tertiary/aromatic N) is 1. The van der Waals surface area contributed by atoms with Gasteiger partial charge >= 0.3 is 5.97 Å². The first kappa shape index (κ1) is 17.8. The van der Waals surface area contributed by atoms with Gasteiger partial charge in [-0.1, -0.05) is 6.07 Å². The molecule has 0 radical (unpaired) electrons. The molecule has 25 heavy (non-hydrogen) atoms. The minimum absolute atomic E-state index is 0.163. The summed E-state index contributed by atoms with van der Waals surface area (Å²) in [5.74, 6) is -2.98. The van der Waals surface area contributed by atoms with Gasteiger partial charge in [0.25, 0.3) is 0 Å². The van der Waals surface area contributed by atoms with Gasteiger partial charge in [0.05, 0.1) is 16.7 Å². The maximum Gasteiger partial charge on any atom is 0.307 e. The number of hydrogen-bond donors (Lipinski definition) is 2. The molecule has 2 fully saturated rings. The molecule has 1 heterocycles. The van der Waals surface area contributed by atoms with Crippen molar-refractivity contribution < 1.29 is 27.5 Å². The molecule has 1 saturated heterocycles. The molecule has 3 atom stereocenters. The van der Waals surface area contributed by atoms with Gasteiger partial charge in [0.15, 0.2) is 0 Å². The Morgan fingerprint density at radius 1 is 1.28 bits per heavy atom. The summed E-state index contributed by atoms with van der Waals surface area (Å²) in [6, 6.07) is 4.25. The largest absolute Gasteiger partial charge is 0.481 e. The van der Waals surface area contributed by atoms with Crippen LogP contribution in [0.2, 0.25) is 0 Å². The number of halogens is 1. The van der Waals surface area contributed by atoms with Crippen molar-refractivity contribution in [3.8, 4) is 0 Å². The van der Waals surface area contributed by atoms with Crippen LogP contribution in [0.3, 0.4) is 0 Å². The van der Waals surface area contributed by atoms with Crippen LogP contribution in [0.1, 0.15) is 19.3 Å².